The third kappa shape index (κ3) is 3.01. The first-order valence-corrected chi connectivity index (χ1v) is 10.7. The Morgan fingerprint density at radius 3 is 2.08 bits per heavy atom. The van der Waals surface area contributed by atoms with Gasteiger partial charge in [-0.05, 0) is 104 Å². The molecule has 142 valence electrons. The van der Waals surface area contributed by atoms with Crippen LogP contribution in [-0.4, -0.2) is 0 Å². The summed E-state index contributed by atoms with van der Waals surface area (Å²) in [6.07, 6.45) is 19.7. The van der Waals surface area contributed by atoms with Crippen LogP contribution in [0, 0.1) is 40.9 Å². The van der Waals surface area contributed by atoms with E-state index in [2.05, 4.69) is 13.0 Å². The van der Waals surface area contributed by atoms with Gasteiger partial charge in [0.25, 0.3) is 0 Å². The first-order valence-electron chi connectivity index (χ1n) is 10.7. The summed E-state index contributed by atoms with van der Waals surface area (Å²) in [7, 11) is 0. The van der Waals surface area contributed by atoms with Crippen LogP contribution in [0.3, 0.4) is 0 Å². The summed E-state index contributed by atoms with van der Waals surface area (Å²) in [6.45, 7) is 2.56. The molecule has 0 heterocycles. The minimum atomic E-state index is 0. The van der Waals surface area contributed by atoms with Gasteiger partial charge in [-0.1, -0.05) is 37.0 Å². The number of hydrogen-bond donors (Lipinski definition) is 0. The molecule has 0 aromatic rings. The third-order valence-corrected chi connectivity index (χ3v) is 9.20. The van der Waals surface area contributed by atoms with Gasteiger partial charge in [-0.15, -0.1) is 0 Å². The van der Waals surface area contributed by atoms with Crippen molar-refractivity contribution in [2.75, 3.05) is 0 Å². The van der Waals surface area contributed by atoms with Crippen molar-refractivity contribution in [2.24, 2.45) is 40.9 Å². The van der Waals surface area contributed by atoms with Crippen LogP contribution in [0.5, 0.6) is 0 Å². The van der Waals surface area contributed by atoms with Crippen molar-refractivity contribution in [2.45, 2.75) is 77.6 Å². The van der Waals surface area contributed by atoms with E-state index < -0.39 is 0 Å². The summed E-state index contributed by atoms with van der Waals surface area (Å²) in [5, 5.41) is 0. The Bertz CT molecular complexity index is 584. The topological polar surface area (TPSA) is 0 Å². The average molecular weight is 471 g/mol. The second kappa shape index (κ2) is 7.65. The second-order valence-electron chi connectivity index (χ2n) is 10.4. The second-order valence-corrected chi connectivity index (χ2v) is 10.4. The Balaban J connectivity index is 0.000000653. The zero-order valence-electron chi connectivity index (χ0n) is 16.1. The summed E-state index contributed by atoms with van der Waals surface area (Å²) in [5.41, 5.74) is 6.38. The summed E-state index contributed by atoms with van der Waals surface area (Å²) in [6, 6.07) is 0. The van der Waals surface area contributed by atoms with Crippen LogP contribution in [0.25, 0.3) is 0 Å². The fourth-order valence-electron chi connectivity index (χ4n) is 8.67. The zero-order valence-corrected chi connectivity index (χ0v) is 20.0. The quantitative estimate of drug-likeness (QED) is 0.517. The van der Waals surface area contributed by atoms with Crippen molar-refractivity contribution in [3.05, 3.63) is 22.8 Å². The predicted molar refractivity (Wildman–Crippen MR) is 94.9 cm³/mol. The van der Waals surface area contributed by atoms with Crippen molar-refractivity contribution in [3.63, 3.8) is 0 Å². The van der Waals surface area contributed by atoms with E-state index in [1.54, 1.807) is 38.5 Å². The Kier molecular flexibility index (Phi) is 6.37. The van der Waals surface area contributed by atoms with E-state index >= 15 is 0 Å². The van der Waals surface area contributed by atoms with Crippen LogP contribution in [0.4, 0.5) is 0 Å². The Morgan fingerprint density at radius 2 is 1.46 bits per heavy atom. The fraction of sp³-hybridized carbons (Fsp3) is 0.826. The predicted octanol–water partition coefficient (Wildman–Crippen LogP) is 0.291. The molecular weight excluding hydrogens is 438 g/mol. The van der Waals surface area contributed by atoms with Crippen molar-refractivity contribution in [1.82, 2.24) is 0 Å². The smallest absolute Gasteiger partial charge is 1.00 e. The summed E-state index contributed by atoms with van der Waals surface area (Å²) < 4.78 is 0. The molecular formula is C23H32Cl2Zr. The van der Waals surface area contributed by atoms with E-state index in [-0.39, 0.29) is 51.0 Å². The van der Waals surface area contributed by atoms with Gasteiger partial charge >= 0.3 is 26.2 Å². The van der Waals surface area contributed by atoms with Gasteiger partial charge in [0.1, 0.15) is 0 Å². The SMILES string of the molecule is CC1C2=C(CC(C34CC5CC(CC(C5)C3)C4)=C2)C2CCCCC12.[Cl-].[Cl-].[Zr+2]. The molecule has 5 fully saturated rings. The first-order chi connectivity index (χ1) is 11.2. The summed E-state index contributed by atoms with van der Waals surface area (Å²) >= 11 is 0. The van der Waals surface area contributed by atoms with Crippen molar-refractivity contribution in [1.29, 1.82) is 0 Å². The van der Waals surface area contributed by atoms with E-state index in [0.717, 1.165) is 35.5 Å². The normalized spacial score (nSPS) is 47.3. The number of allylic oxidation sites excluding steroid dienone is 4. The fourth-order valence-corrected chi connectivity index (χ4v) is 8.67. The number of rotatable bonds is 1. The van der Waals surface area contributed by atoms with Gasteiger partial charge in [-0.2, -0.15) is 0 Å². The van der Waals surface area contributed by atoms with Gasteiger partial charge in [0, 0.05) is 0 Å². The maximum Gasteiger partial charge on any atom is 2.00 e. The third-order valence-electron chi connectivity index (χ3n) is 9.20. The van der Waals surface area contributed by atoms with Crippen LogP contribution >= 0.6 is 0 Å². The van der Waals surface area contributed by atoms with Crippen molar-refractivity contribution >= 4 is 0 Å². The Labute approximate surface area is 191 Å². The molecule has 0 aromatic heterocycles. The Hall–Kier alpha value is 0.943. The van der Waals surface area contributed by atoms with Gasteiger partial charge in [0.15, 0.2) is 0 Å². The Morgan fingerprint density at radius 1 is 0.885 bits per heavy atom. The standard InChI is InChI=1S/C23H32.2ClH.Zr/c1-14-19-4-2-3-5-20(19)22-10-18(9-21(14)22)23-11-15-6-16(12-23)8-17(7-15)13-23;;;/h9,14-17,19-20H,2-8,10-13H2,1H3;2*1H;/q;;;+2/p-2. The van der Waals surface area contributed by atoms with Crippen LogP contribution in [0.15, 0.2) is 22.8 Å². The van der Waals surface area contributed by atoms with E-state index in [4.69, 9.17) is 0 Å². The summed E-state index contributed by atoms with van der Waals surface area (Å²) in [5.74, 6) is 6.16. The molecule has 0 aliphatic heterocycles. The van der Waals surface area contributed by atoms with Gasteiger partial charge in [-0.25, -0.2) is 0 Å². The van der Waals surface area contributed by atoms with E-state index in [0.29, 0.717) is 5.41 Å². The van der Waals surface area contributed by atoms with Gasteiger partial charge in [0.05, 0.1) is 0 Å². The van der Waals surface area contributed by atoms with Gasteiger partial charge in [0.2, 0.25) is 0 Å². The van der Waals surface area contributed by atoms with Crippen molar-refractivity contribution < 1.29 is 51.0 Å². The molecule has 7 rings (SSSR count). The molecule has 7 aliphatic carbocycles. The molecule has 5 saturated carbocycles. The van der Waals surface area contributed by atoms with Crippen LogP contribution < -0.4 is 24.8 Å². The zero-order chi connectivity index (χ0) is 15.2. The average Bonchev–Trinajstić information content (AvgIpc) is 3.08. The molecule has 26 heavy (non-hydrogen) atoms. The molecule has 4 bridgehead atoms. The molecule has 0 nitrogen and oxygen atoms in total. The van der Waals surface area contributed by atoms with Crippen LogP contribution in [-0.2, 0) is 26.2 Å². The molecule has 0 aromatic carbocycles. The molecule has 0 radical (unpaired) electrons. The first kappa shape index (κ1) is 21.6. The minimum Gasteiger partial charge on any atom is -1.00 e. The van der Waals surface area contributed by atoms with E-state index in [1.165, 1.54) is 32.1 Å². The van der Waals surface area contributed by atoms with E-state index in [9.17, 15) is 0 Å². The molecule has 0 saturated heterocycles. The molecule has 0 N–H and O–H groups in total. The maximum atomic E-state index is 2.78. The molecule has 0 amide bonds. The molecule has 3 atom stereocenters. The monoisotopic (exact) mass is 468 g/mol. The molecule has 0 spiro atoms. The van der Waals surface area contributed by atoms with Crippen molar-refractivity contribution in [3.8, 4) is 0 Å². The molecule has 3 heteroatoms. The minimum absolute atomic E-state index is 0. The van der Waals surface area contributed by atoms with E-state index in [1.807, 2.05) is 16.7 Å². The molecule has 7 aliphatic rings. The molecule has 3 unspecified atom stereocenters. The maximum absolute atomic E-state index is 2.78. The number of hydrogen-bond acceptors (Lipinski definition) is 0. The number of halogens is 2. The summed E-state index contributed by atoms with van der Waals surface area (Å²) in [4.78, 5) is 0. The van der Waals surface area contributed by atoms with Gasteiger partial charge in [-0.3, -0.25) is 0 Å². The number of fused-ring (bicyclic) bond motifs is 2. The van der Waals surface area contributed by atoms with Crippen LogP contribution in [0.1, 0.15) is 77.6 Å². The largest absolute Gasteiger partial charge is 2.00 e. The van der Waals surface area contributed by atoms with Gasteiger partial charge < -0.3 is 24.8 Å². The van der Waals surface area contributed by atoms with Crippen LogP contribution in [0.2, 0.25) is 0 Å².